The minimum atomic E-state index is 0.694. The Morgan fingerprint density at radius 3 is 3.08 bits per heavy atom. The molecule has 1 rings (SSSR count). The summed E-state index contributed by atoms with van der Waals surface area (Å²) in [7, 11) is 3.56. The van der Waals surface area contributed by atoms with Gasteiger partial charge in [0.1, 0.15) is 0 Å². The minimum Gasteiger partial charge on any atom is -0.385 e. The molecule has 13 heavy (non-hydrogen) atoms. The Labute approximate surface area is 77.3 Å². The fourth-order valence-corrected chi connectivity index (χ4v) is 1.04. The van der Waals surface area contributed by atoms with Crippen LogP contribution in [0.4, 0.5) is 0 Å². The van der Waals surface area contributed by atoms with Gasteiger partial charge in [0.2, 0.25) is 0 Å². The molecule has 1 heterocycles. The lowest BCUT2D eigenvalue weighted by molar-refractivity contribution is 0.188. The molecular weight excluding hydrogens is 170 g/mol. The Balaban J connectivity index is 2.40. The second-order valence-electron chi connectivity index (χ2n) is 2.69. The Kier molecular flexibility index (Phi) is 4.34. The smallest absolute Gasteiger partial charge is 0.165 e. The van der Waals surface area contributed by atoms with E-state index in [2.05, 4.69) is 20.8 Å². The van der Waals surface area contributed by atoms with E-state index in [1.54, 1.807) is 11.8 Å². The van der Waals surface area contributed by atoms with E-state index < -0.39 is 0 Å². The van der Waals surface area contributed by atoms with Crippen LogP contribution < -0.4 is 5.32 Å². The quantitative estimate of drug-likeness (QED) is 0.601. The minimum absolute atomic E-state index is 0.694. The molecule has 0 aliphatic carbocycles. The number of hydrogen-bond acceptors (Lipinski definition) is 5. The number of hydrogen-bond donors (Lipinski definition) is 1. The van der Waals surface area contributed by atoms with E-state index in [4.69, 9.17) is 4.74 Å². The second kappa shape index (κ2) is 5.60. The van der Waals surface area contributed by atoms with Crippen LogP contribution in [0.15, 0.2) is 0 Å². The van der Waals surface area contributed by atoms with Crippen LogP contribution >= 0.6 is 0 Å². The zero-order valence-electron chi connectivity index (χ0n) is 8.03. The number of aryl methyl sites for hydroxylation is 1. The Morgan fingerprint density at radius 2 is 2.38 bits per heavy atom. The van der Waals surface area contributed by atoms with Crippen LogP contribution in [-0.2, 0) is 17.8 Å². The maximum atomic E-state index is 4.94. The van der Waals surface area contributed by atoms with Crippen LogP contribution in [0.25, 0.3) is 0 Å². The molecule has 0 saturated heterocycles. The number of aromatic nitrogens is 4. The summed E-state index contributed by atoms with van der Waals surface area (Å²) in [5.41, 5.74) is 0. The molecule has 0 aliphatic heterocycles. The van der Waals surface area contributed by atoms with Gasteiger partial charge in [0.15, 0.2) is 5.82 Å². The highest BCUT2D eigenvalue weighted by Gasteiger charge is 2.03. The summed E-state index contributed by atoms with van der Waals surface area (Å²) in [5.74, 6) is 0.860. The highest BCUT2D eigenvalue weighted by molar-refractivity contribution is 4.78. The van der Waals surface area contributed by atoms with Crippen LogP contribution in [0.3, 0.4) is 0 Å². The first-order chi connectivity index (χ1) is 6.38. The predicted octanol–water partition coefficient (Wildman–Crippen LogP) is -0.571. The van der Waals surface area contributed by atoms with Crippen molar-refractivity contribution >= 4 is 0 Å². The lowest BCUT2D eigenvalue weighted by Gasteiger charge is -2.02. The topological polar surface area (TPSA) is 64.9 Å². The highest BCUT2D eigenvalue weighted by atomic mass is 16.5. The number of tetrazole rings is 1. The molecule has 6 heteroatoms. The van der Waals surface area contributed by atoms with Gasteiger partial charge in [0, 0.05) is 20.3 Å². The van der Waals surface area contributed by atoms with Crippen molar-refractivity contribution in [2.45, 2.75) is 19.5 Å². The molecule has 0 amide bonds. The maximum absolute atomic E-state index is 4.94. The van der Waals surface area contributed by atoms with Gasteiger partial charge in [0.05, 0.1) is 6.54 Å². The molecule has 0 saturated carbocycles. The second-order valence-corrected chi connectivity index (χ2v) is 2.69. The molecule has 0 radical (unpaired) electrons. The van der Waals surface area contributed by atoms with Gasteiger partial charge in [-0.25, -0.2) is 4.68 Å². The zero-order valence-corrected chi connectivity index (χ0v) is 8.03. The average molecular weight is 185 g/mol. The van der Waals surface area contributed by atoms with Gasteiger partial charge in [-0.15, -0.1) is 5.10 Å². The van der Waals surface area contributed by atoms with Crippen LogP contribution in [0, 0.1) is 0 Å². The predicted molar refractivity (Wildman–Crippen MR) is 47.1 cm³/mol. The molecule has 1 aromatic rings. The Hall–Kier alpha value is -1.01. The lowest BCUT2D eigenvalue weighted by Crippen LogP contribution is -2.14. The monoisotopic (exact) mass is 185 g/mol. The first kappa shape index (κ1) is 10.1. The van der Waals surface area contributed by atoms with Crippen molar-refractivity contribution in [2.24, 2.45) is 0 Å². The van der Waals surface area contributed by atoms with E-state index in [1.165, 1.54) is 0 Å². The number of methoxy groups -OCH3 is 1. The molecule has 0 bridgehead atoms. The third kappa shape index (κ3) is 3.08. The van der Waals surface area contributed by atoms with Gasteiger partial charge < -0.3 is 10.1 Å². The molecule has 0 aromatic carbocycles. The van der Waals surface area contributed by atoms with E-state index in [0.29, 0.717) is 6.54 Å². The fraction of sp³-hybridized carbons (Fsp3) is 0.857. The van der Waals surface area contributed by atoms with Crippen LogP contribution in [0.5, 0.6) is 0 Å². The van der Waals surface area contributed by atoms with E-state index in [1.807, 2.05) is 7.05 Å². The summed E-state index contributed by atoms with van der Waals surface area (Å²) in [4.78, 5) is 0. The van der Waals surface area contributed by atoms with Gasteiger partial charge in [-0.1, -0.05) is 0 Å². The number of ether oxygens (including phenoxy) is 1. The van der Waals surface area contributed by atoms with Crippen molar-refractivity contribution in [1.82, 2.24) is 25.5 Å². The SMILES string of the molecule is CNCc1nnnn1CCCOC. The molecule has 0 fully saturated rings. The summed E-state index contributed by atoms with van der Waals surface area (Å²) in [6, 6.07) is 0. The van der Waals surface area contributed by atoms with Crippen LogP contribution in [-0.4, -0.2) is 41.0 Å². The van der Waals surface area contributed by atoms with E-state index in [-0.39, 0.29) is 0 Å². The van der Waals surface area contributed by atoms with Gasteiger partial charge in [0.25, 0.3) is 0 Å². The van der Waals surface area contributed by atoms with Crippen molar-refractivity contribution in [1.29, 1.82) is 0 Å². The van der Waals surface area contributed by atoms with Gasteiger partial charge in [-0.05, 0) is 23.9 Å². The van der Waals surface area contributed by atoms with Gasteiger partial charge >= 0.3 is 0 Å². The molecule has 0 atom stereocenters. The maximum Gasteiger partial charge on any atom is 0.165 e. The Bertz CT molecular complexity index is 237. The lowest BCUT2D eigenvalue weighted by atomic mass is 10.4. The number of rotatable bonds is 6. The first-order valence-electron chi connectivity index (χ1n) is 4.27. The van der Waals surface area contributed by atoms with Gasteiger partial charge in [-0.2, -0.15) is 0 Å². The molecule has 1 N–H and O–H groups in total. The number of nitrogens with zero attached hydrogens (tertiary/aromatic N) is 4. The highest BCUT2D eigenvalue weighted by Crippen LogP contribution is 1.93. The molecule has 6 nitrogen and oxygen atoms in total. The fourth-order valence-electron chi connectivity index (χ4n) is 1.04. The van der Waals surface area contributed by atoms with Crippen molar-refractivity contribution in [3.8, 4) is 0 Å². The summed E-state index contributed by atoms with van der Waals surface area (Å²) < 4.78 is 6.73. The van der Waals surface area contributed by atoms with Crippen LogP contribution in [0.1, 0.15) is 12.2 Å². The number of nitrogens with one attached hydrogen (secondary N) is 1. The van der Waals surface area contributed by atoms with E-state index >= 15 is 0 Å². The van der Waals surface area contributed by atoms with Crippen LogP contribution in [0.2, 0.25) is 0 Å². The van der Waals surface area contributed by atoms with Crippen molar-refractivity contribution in [3.05, 3.63) is 5.82 Å². The molecule has 0 aliphatic rings. The average Bonchev–Trinajstić information content (AvgIpc) is 2.54. The molecule has 0 unspecified atom stereocenters. The Morgan fingerprint density at radius 1 is 1.54 bits per heavy atom. The van der Waals surface area contributed by atoms with E-state index in [9.17, 15) is 0 Å². The third-order valence-electron chi connectivity index (χ3n) is 1.66. The third-order valence-corrected chi connectivity index (χ3v) is 1.66. The normalized spacial score (nSPS) is 10.6. The molecule has 0 spiro atoms. The summed E-state index contributed by atoms with van der Waals surface area (Å²) in [6.45, 7) is 2.23. The van der Waals surface area contributed by atoms with Gasteiger partial charge in [-0.3, -0.25) is 0 Å². The molecular formula is C7H15N5O. The largest absolute Gasteiger partial charge is 0.385 e. The van der Waals surface area contributed by atoms with Crippen molar-refractivity contribution in [3.63, 3.8) is 0 Å². The summed E-state index contributed by atoms with van der Waals surface area (Å²) in [5, 5.41) is 14.4. The van der Waals surface area contributed by atoms with Crippen molar-refractivity contribution in [2.75, 3.05) is 20.8 Å². The summed E-state index contributed by atoms with van der Waals surface area (Å²) in [6.07, 6.45) is 0.929. The first-order valence-corrected chi connectivity index (χ1v) is 4.27. The van der Waals surface area contributed by atoms with Crippen molar-refractivity contribution < 1.29 is 4.74 Å². The van der Waals surface area contributed by atoms with E-state index in [0.717, 1.165) is 25.4 Å². The standard InChI is InChI=1S/C7H15N5O/c1-8-6-7-9-10-11-12(7)4-3-5-13-2/h8H,3-6H2,1-2H3. The zero-order chi connectivity index (χ0) is 9.52. The molecule has 1 aromatic heterocycles. The summed E-state index contributed by atoms with van der Waals surface area (Å²) >= 11 is 0. The molecule has 74 valence electrons.